The molecule has 0 bridgehead atoms. The molecule has 0 unspecified atom stereocenters. The van der Waals surface area contributed by atoms with Crippen LogP contribution >= 0.6 is 24.0 Å². The number of hydrogen-bond acceptors (Lipinski definition) is 4. The maximum Gasteiger partial charge on any atom is 0.307 e. The number of hydrogen-bond donors (Lipinski definition) is 2. The zero-order valence-corrected chi connectivity index (χ0v) is 12.9. The molecule has 0 amide bonds. The average Bonchev–Trinajstić information content (AvgIpc) is 2.31. The van der Waals surface area contributed by atoms with Gasteiger partial charge in [-0.1, -0.05) is 0 Å². The highest BCUT2D eigenvalue weighted by Gasteiger charge is 2.01. The van der Waals surface area contributed by atoms with E-state index in [4.69, 9.17) is 4.74 Å². The monoisotopic (exact) mass is 359 g/mol. The Morgan fingerprint density at radius 2 is 1.88 bits per heavy atom. The number of nitrogens with zero attached hydrogens (tertiary/aromatic N) is 1. The lowest BCUT2D eigenvalue weighted by Crippen LogP contribution is -2.39. The number of methoxy groups -OCH3 is 2. The summed E-state index contributed by atoms with van der Waals surface area (Å²) in [5.74, 6) is 0.447. The molecule has 0 aromatic heterocycles. The van der Waals surface area contributed by atoms with Gasteiger partial charge in [0, 0.05) is 33.9 Å². The lowest BCUT2D eigenvalue weighted by atomic mass is 10.4. The summed E-state index contributed by atoms with van der Waals surface area (Å²) in [4.78, 5) is 14.9. The van der Waals surface area contributed by atoms with Gasteiger partial charge in [0.2, 0.25) is 0 Å². The van der Waals surface area contributed by atoms with E-state index >= 15 is 0 Å². The second-order valence-electron chi connectivity index (χ2n) is 3.10. The minimum atomic E-state index is -0.234. The summed E-state index contributed by atoms with van der Waals surface area (Å²) < 4.78 is 9.45. The van der Waals surface area contributed by atoms with Gasteiger partial charge in [-0.25, -0.2) is 0 Å². The van der Waals surface area contributed by atoms with E-state index in [2.05, 4.69) is 20.4 Å². The molecule has 102 valence electrons. The van der Waals surface area contributed by atoms with Crippen LogP contribution in [-0.2, 0) is 14.3 Å². The summed E-state index contributed by atoms with van der Waals surface area (Å²) in [7, 11) is 4.73. The first-order valence-corrected chi connectivity index (χ1v) is 5.24. The first-order valence-electron chi connectivity index (χ1n) is 5.24. The predicted octanol–water partition coefficient (Wildman–Crippen LogP) is 0.369. The van der Waals surface area contributed by atoms with Crippen LogP contribution in [0.15, 0.2) is 4.99 Å². The largest absolute Gasteiger partial charge is 0.469 e. The van der Waals surface area contributed by atoms with Crippen molar-refractivity contribution in [3.8, 4) is 0 Å². The molecule has 0 aromatic rings. The highest BCUT2D eigenvalue weighted by molar-refractivity contribution is 14.0. The summed E-state index contributed by atoms with van der Waals surface area (Å²) in [6.45, 7) is 2.01. The molecule has 2 N–H and O–H groups in total. The first-order chi connectivity index (χ1) is 7.74. The highest BCUT2D eigenvalue weighted by atomic mass is 127. The molecule has 6 nitrogen and oxygen atoms in total. The second-order valence-corrected chi connectivity index (χ2v) is 3.10. The van der Waals surface area contributed by atoms with E-state index in [1.54, 1.807) is 14.2 Å². The molecule has 0 aliphatic heterocycles. The van der Waals surface area contributed by atoms with Gasteiger partial charge in [-0.05, 0) is 6.42 Å². The third-order valence-corrected chi connectivity index (χ3v) is 1.89. The van der Waals surface area contributed by atoms with Crippen molar-refractivity contribution in [2.24, 2.45) is 4.99 Å². The molecular weight excluding hydrogens is 337 g/mol. The Labute approximate surface area is 120 Å². The lowest BCUT2D eigenvalue weighted by molar-refractivity contribution is -0.140. The van der Waals surface area contributed by atoms with Crippen molar-refractivity contribution in [1.82, 2.24) is 10.6 Å². The molecule has 0 aliphatic rings. The summed E-state index contributed by atoms with van der Waals surface area (Å²) in [5, 5.41) is 6.11. The van der Waals surface area contributed by atoms with E-state index in [1.165, 1.54) is 7.11 Å². The van der Waals surface area contributed by atoms with Gasteiger partial charge < -0.3 is 20.1 Å². The number of rotatable bonds is 7. The number of carbonyl (C=O) groups is 1. The Kier molecular flexibility index (Phi) is 14.9. The standard InChI is InChI=1S/C10H21N3O3.HI/c1-11-10(12-6-4-8-15-2)13-7-5-9(14)16-3;/h4-8H2,1-3H3,(H2,11,12,13);1H. The molecule has 0 heterocycles. The van der Waals surface area contributed by atoms with Gasteiger partial charge in [-0.2, -0.15) is 0 Å². The van der Waals surface area contributed by atoms with Gasteiger partial charge in [0.25, 0.3) is 0 Å². The van der Waals surface area contributed by atoms with Gasteiger partial charge in [0.05, 0.1) is 13.5 Å². The molecule has 0 saturated carbocycles. The smallest absolute Gasteiger partial charge is 0.307 e. The van der Waals surface area contributed by atoms with E-state index in [-0.39, 0.29) is 29.9 Å². The summed E-state index contributed by atoms with van der Waals surface area (Å²) in [6.07, 6.45) is 1.24. The van der Waals surface area contributed by atoms with Crippen LogP contribution in [0.4, 0.5) is 0 Å². The zero-order valence-electron chi connectivity index (χ0n) is 10.6. The van der Waals surface area contributed by atoms with Gasteiger partial charge in [-0.3, -0.25) is 9.79 Å². The Morgan fingerprint density at radius 1 is 1.24 bits per heavy atom. The maximum atomic E-state index is 10.8. The molecule has 0 fully saturated rings. The fourth-order valence-corrected chi connectivity index (χ4v) is 1.03. The van der Waals surface area contributed by atoms with Gasteiger partial charge in [0.15, 0.2) is 5.96 Å². The van der Waals surface area contributed by atoms with Crippen LogP contribution in [-0.4, -0.2) is 52.9 Å². The Hall–Kier alpha value is -0.570. The topological polar surface area (TPSA) is 72.0 Å². The lowest BCUT2D eigenvalue weighted by Gasteiger charge is -2.10. The number of halogens is 1. The van der Waals surface area contributed by atoms with Crippen molar-refractivity contribution < 1.29 is 14.3 Å². The molecule has 7 heteroatoms. The van der Waals surface area contributed by atoms with Crippen LogP contribution in [0.5, 0.6) is 0 Å². The number of ether oxygens (including phenoxy) is 2. The molecule has 0 saturated heterocycles. The minimum Gasteiger partial charge on any atom is -0.469 e. The molecular formula is C10H22IN3O3. The maximum absolute atomic E-state index is 10.8. The van der Waals surface area contributed by atoms with Gasteiger partial charge in [-0.15, -0.1) is 24.0 Å². The van der Waals surface area contributed by atoms with E-state index in [1.807, 2.05) is 0 Å². The molecule has 0 spiro atoms. The van der Waals surface area contributed by atoms with Crippen LogP contribution in [0.1, 0.15) is 12.8 Å². The normalized spacial score (nSPS) is 10.4. The molecule has 0 radical (unpaired) electrons. The number of esters is 1. The third-order valence-electron chi connectivity index (χ3n) is 1.89. The van der Waals surface area contributed by atoms with Crippen molar-refractivity contribution in [3.05, 3.63) is 0 Å². The fraction of sp³-hybridized carbons (Fsp3) is 0.800. The van der Waals surface area contributed by atoms with Crippen LogP contribution < -0.4 is 10.6 Å². The molecule has 17 heavy (non-hydrogen) atoms. The molecule has 0 atom stereocenters. The first kappa shape index (κ1) is 18.8. The third kappa shape index (κ3) is 11.7. The fourth-order valence-electron chi connectivity index (χ4n) is 1.03. The van der Waals surface area contributed by atoms with Crippen molar-refractivity contribution >= 4 is 35.9 Å². The highest BCUT2D eigenvalue weighted by Crippen LogP contribution is 1.82. The average molecular weight is 359 g/mol. The number of guanidine groups is 1. The van der Waals surface area contributed by atoms with Crippen molar-refractivity contribution in [2.75, 3.05) is 41.0 Å². The Bertz CT molecular complexity index is 225. The summed E-state index contributed by atoms with van der Waals surface area (Å²) >= 11 is 0. The van der Waals surface area contributed by atoms with Crippen LogP contribution in [0, 0.1) is 0 Å². The van der Waals surface area contributed by atoms with Crippen molar-refractivity contribution in [1.29, 1.82) is 0 Å². The van der Waals surface area contributed by atoms with Crippen LogP contribution in [0.3, 0.4) is 0 Å². The predicted molar refractivity (Wildman–Crippen MR) is 77.9 cm³/mol. The van der Waals surface area contributed by atoms with E-state index in [9.17, 15) is 4.79 Å². The quantitative estimate of drug-likeness (QED) is 0.226. The second kappa shape index (κ2) is 13.5. The van der Waals surface area contributed by atoms with E-state index in [0.717, 1.165) is 13.0 Å². The van der Waals surface area contributed by atoms with Crippen LogP contribution in [0.25, 0.3) is 0 Å². The Balaban J connectivity index is 0. The Morgan fingerprint density at radius 3 is 2.41 bits per heavy atom. The SMILES string of the molecule is CN=C(NCCCOC)NCCC(=O)OC.I. The minimum absolute atomic E-state index is 0. The van der Waals surface area contributed by atoms with E-state index < -0.39 is 0 Å². The zero-order chi connectivity index (χ0) is 12.2. The van der Waals surface area contributed by atoms with Crippen LogP contribution in [0.2, 0.25) is 0 Å². The van der Waals surface area contributed by atoms with Crippen molar-refractivity contribution in [3.63, 3.8) is 0 Å². The van der Waals surface area contributed by atoms with Gasteiger partial charge >= 0.3 is 5.97 Å². The van der Waals surface area contributed by atoms with Gasteiger partial charge in [0.1, 0.15) is 0 Å². The molecule has 0 aromatic carbocycles. The molecule has 0 rings (SSSR count). The number of aliphatic imine (C=N–C) groups is 1. The van der Waals surface area contributed by atoms with E-state index in [0.29, 0.717) is 25.5 Å². The number of carbonyl (C=O) groups excluding carboxylic acids is 1. The number of nitrogens with one attached hydrogen (secondary N) is 2. The van der Waals surface area contributed by atoms with Crippen molar-refractivity contribution in [2.45, 2.75) is 12.8 Å². The summed E-state index contributed by atoms with van der Waals surface area (Å²) in [5.41, 5.74) is 0. The molecule has 0 aliphatic carbocycles. The summed E-state index contributed by atoms with van der Waals surface area (Å²) in [6, 6.07) is 0.